The number of ether oxygens (including phenoxy) is 1. The van der Waals surface area contributed by atoms with Crippen LogP contribution in [0.15, 0.2) is 54.5 Å². The van der Waals surface area contributed by atoms with Crippen LogP contribution in [0.3, 0.4) is 0 Å². The van der Waals surface area contributed by atoms with Crippen molar-refractivity contribution < 1.29 is 9.13 Å². The monoisotopic (exact) mass is 395 g/mol. The average Bonchev–Trinajstić information content (AvgIpc) is 3.28. The lowest BCUT2D eigenvalue weighted by Crippen LogP contribution is -2.03. The molecule has 0 saturated heterocycles. The predicted molar refractivity (Wildman–Crippen MR) is 103 cm³/mol. The van der Waals surface area contributed by atoms with Gasteiger partial charge < -0.3 is 9.30 Å². The van der Waals surface area contributed by atoms with Gasteiger partial charge >= 0.3 is 0 Å². The van der Waals surface area contributed by atoms with Crippen molar-refractivity contribution in [3.05, 3.63) is 76.6 Å². The average molecular weight is 396 g/mol. The van der Waals surface area contributed by atoms with Crippen molar-refractivity contribution in [1.29, 1.82) is 0 Å². The highest BCUT2D eigenvalue weighted by Gasteiger charge is 2.23. The Balaban J connectivity index is 1.73. The number of nitrogens with zero attached hydrogens (tertiary/aromatic N) is 5. The second-order valence-corrected chi connectivity index (χ2v) is 6.49. The molecule has 3 heterocycles. The van der Waals surface area contributed by atoms with Crippen molar-refractivity contribution in [2.75, 3.05) is 0 Å². The second-order valence-electron chi connectivity index (χ2n) is 6.06. The van der Waals surface area contributed by atoms with E-state index in [1.165, 1.54) is 6.08 Å². The van der Waals surface area contributed by atoms with E-state index in [1.54, 1.807) is 30.2 Å². The summed E-state index contributed by atoms with van der Waals surface area (Å²) in [6.07, 6.45) is 11.6. The Labute approximate surface area is 165 Å². The number of aromatic nitrogens is 5. The summed E-state index contributed by atoms with van der Waals surface area (Å²) in [6.45, 7) is 1.77. The lowest BCUT2D eigenvalue weighted by Gasteiger charge is -2.11. The molecule has 0 radical (unpaired) electrons. The van der Waals surface area contributed by atoms with Crippen LogP contribution in [0.4, 0.5) is 4.39 Å². The first kappa shape index (κ1) is 18.0. The van der Waals surface area contributed by atoms with E-state index >= 15 is 0 Å². The highest BCUT2D eigenvalue weighted by molar-refractivity contribution is 6.30. The maximum atomic E-state index is 14.0. The van der Waals surface area contributed by atoms with Gasteiger partial charge in [-0.25, -0.2) is 14.1 Å². The first-order valence-electron chi connectivity index (χ1n) is 8.48. The smallest absolute Gasteiger partial charge is 0.173 e. The summed E-state index contributed by atoms with van der Waals surface area (Å²) in [6, 6.07) is 5.54. The van der Waals surface area contributed by atoms with Gasteiger partial charge in [-0.15, -0.1) is 11.5 Å². The van der Waals surface area contributed by atoms with Gasteiger partial charge in [0, 0.05) is 17.5 Å². The molecule has 4 rings (SSSR count). The number of rotatable bonds is 4. The van der Waals surface area contributed by atoms with Crippen molar-refractivity contribution in [1.82, 2.24) is 24.5 Å². The maximum Gasteiger partial charge on any atom is 0.173 e. The lowest BCUT2D eigenvalue weighted by atomic mass is 10.2. The van der Waals surface area contributed by atoms with Crippen molar-refractivity contribution in [2.24, 2.45) is 0 Å². The molecule has 1 aliphatic rings. The zero-order valence-electron chi connectivity index (χ0n) is 14.9. The fourth-order valence-electron chi connectivity index (χ4n) is 3.13. The molecule has 0 fully saturated rings. The van der Waals surface area contributed by atoms with Gasteiger partial charge in [0.1, 0.15) is 6.61 Å². The SMILES string of the molecule is C#C/C=C(F)\C(=C/C)OCc1ncn2c1Cc1cnnn1-c1cc(Cl)ccc1-2. The number of halogens is 2. The van der Waals surface area contributed by atoms with Crippen molar-refractivity contribution in [3.8, 4) is 23.7 Å². The van der Waals surface area contributed by atoms with E-state index in [0.717, 1.165) is 28.8 Å². The predicted octanol–water partition coefficient (Wildman–Crippen LogP) is 3.92. The lowest BCUT2D eigenvalue weighted by molar-refractivity contribution is 0.191. The second kappa shape index (κ2) is 7.33. The van der Waals surface area contributed by atoms with Crippen LogP contribution in [-0.2, 0) is 17.8 Å². The van der Waals surface area contributed by atoms with Crippen LogP contribution in [-0.4, -0.2) is 24.5 Å². The normalized spacial score (nSPS) is 13.2. The van der Waals surface area contributed by atoms with E-state index in [-0.39, 0.29) is 12.4 Å². The van der Waals surface area contributed by atoms with Gasteiger partial charge in [-0.1, -0.05) is 22.7 Å². The molecule has 0 saturated carbocycles. The molecule has 28 heavy (non-hydrogen) atoms. The van der Waals surface area contributed by atoms with E-state index in [2.05, 4.69) is 21.2 Å². The Hall–Kier alpha value is -3.37. The van der Waals surface area contributed by atoms with E-state index in [4.69, 9.17) is 22.8 Å². The summed E-state index contributed by atoms with van der Waals surface area (Å²) in [5.74, 6) is 1.63. The fraction of sp³-hybridized carbons (Fsp3) is 0.150. The molecule has 8 heteroatoms. The zero-order chi connectivity index (χ0) is 19.7. The summed E-state index contributed by atoms with van der Waals surface area (Å²) >= 11 is 6.18. The van der Waals surface area contributed by atoms with E-state index < -0.39 is 5.83 Å². The van der Waals surface area contributed by atoms with Crippen LogP contribution >= 0.6 is 11.6 Å². The molecular weight excluding hydrogens is 381 g/mol. The number of hydrogen-bond acceptors (Lipinski definition) is 4. The Bertz CT molecular complexity index is 1150. The van der Waals surface area contributed by atoms with Gasteiger partial charge in [0.15, 0.2) is 11.6 Å². The number of terminal acetylenes is 1. The van der Waals surface area contributed by atoms with Crippen LogP contribution < -0.4 is 0 Å². The molecule has 3 aromatic rings. The third kappa shape index (κ3) is 3.08. The molecule has 2 aromatic heterocycles. The number of hydrogen-bond donors (Lipinski definition) is 0. The molecule has 1 aliphatic heterocycles. The topological polar surface area (TPSA) is 57.8 Å². The highest BCUT2D eigenvalue weighted by Crippen LogP contribution is 2.31. The minimum absolute atomic E-state index is 0.0761. The quantitative estimate of drug-likeness (QED) is 0.298. The molecule has 0 atom stereocenters. The highest BCUT2D eigenvalue weighted by atomic mass is 35.5. The van der Waals surface area contributed by atoms with Gasteiger partial charge in [0.25, 0.3) is 0 Å². The maximum absolute atomic E-state index is 14.0. The van der Waals surface area contributed by atoms with Gasteiger partial charge in [-0.3, -0.25) is 0 Å². The molecule has 0 bridgehead atoms. The molecule has 0 amide bonds. The third-order valence-electron chi connectivity index (χ3n) is 4.42. The van der Waals surface area contributed by atoms with Crippen LogP contribution in [0, 0.1) is 12.3 Å². The minimum Gasteiger partial charge on any atom is -0.484 e. The molecule has 6 nitrogen and oxygen atoms in total. The molecule has 0 spiro atoms. The van der Waals surface area contributed by atoms with Crippen LogP contribution in [0.1, 0.15) is 24.0 Å². The van der Waals surface area contributed by atoms with Crippen molar-refractivity contribution >= 4 is 11.6 Å². The van der Waals surface area contributed by atoms with Crippen molar-refractivity contribution in [3.63, 3.8) is 0 Å². The summed E-state index contributed by atoms with van der Waals surface area (Å²) in [5, 5.41) is 8.79. The molecular formula is C20H15ClFN5O. The molecule has 0 N–H and O–H groups in total. The number of allylic oxidation sites excluding steroid dienone is 3. The number of benzene rings is 1. The number of fused-ring (bicyclic) bond motifs is 5. The van der Waals surface area contributed by atoms with Gasteiger partial charge in [-0.05, 0) is 31.2 Å². The summed E-state index contributed by atoms with van der Waals surface area (Å²) in [4.78, 5) is 4.48. The Morgan fingerprint density at radius 3 is 3.07 bits per heavy atom. The Kier molecular flexibility index (Phi) is 4.72. The summed E-state index contributed by atoms with van der Waals surface area (Å²) in [5.41, 5.74) is 4.14. The van der Waals surface area contributed by atoms with Gasteiger partial charge in [0.2, 0.25) is 0 Å². The number of imidazole rings is 1. The molecule has 140 valence electrons. The van der Waals surface area contributed by atoms with Crippen LogP contribution in [0.2, 0.25) is 5.02 Å². The summed E-state index contributed by atoms with van der Waals surface area (Å²) < 4.78 is 23.3. The van der Waals surface area contributed by atoms with E-state index in [0.29, 0.717) is 17.1 Å². The summed E-state index contributed by atoms with van der Waals surface area (Å²) in [7, 11) is 0. The third-order valence-corrected chi connectivity index (χ3v) is 4.65. The van der Waals surface area contributed by atoms with Crippen LogP contribution in [0.25, 0.3) is 11.4 Å². The Morgan fingerprint density at radius 1 is 1.43 bits per heavy atom. The zero-order valence-corrected chi connectivity index (χ0v) is 15.7. The van der Waals surface area contributed by atoms with Gasteiger partial charge in [0.05, 0.1) is 41.0 Å². The molecule has 0 unspecified atom stereocenters. The van der Waals surface area contributed by atoms with E-state index in [9.17, 15) is 4.39 Å². The van der Waals surface area contributed by atoms with Gasteiger partial charge in [-0.2, -0.15) is 0 Å². The first-order chi connectivity index (χ1) is 13.6. The minimum atomic E-state index is -0.599. The largest absolute Gasteiger partial charge is 0.484 e. The van der Waals surface area contributed by atoms with Crippen LogP contribution in [0.5, 0.6) is 0 Å². The van der Waals surface area contributed by atoms with E-state index in [1.807, 2.05) is 16.7 Å². The van der Waals surface area contributed by atoms with Crippen molar-refractivity contribution in [2.45, 2.75) is 20.0 Å². The molecule has 1 aromatic carbocycles. The molecule has 0 aliphatic carbocycles. The first-order valence-corrected chi connectivity index (χ1v) is 8.86. The Morgan fingerprint density at radius 2 is 2.29 bits per heavy atom. The fourth-order valence-corrected chi connectivity index (χ4v) is 3.29. The standard InChI is InChI=1S/C20H15ClFN5O/c1-3-5-15(22)20(4-2)28-11-16-18-9-14-10-24-25-27(14)19-8-13(21)6-7-17(19)26(18)12-23-16/h1,4-8,10,12H,9,11H2,2H3/b15-5+,20-4+.